The molecule has 0 radical (unpaired) electrons. The Bertz CT molecular complexity index is 732. The van der Waals surface area contributed by atoms with Crippen LogP contribution in [0.15, 0.2) is 35.4 Å². The molecule has 2 amide bonds. The average Bonchev–Trinajstić information content (AvgIpc) is 2.98. The molecule has 0 saturated carbocycles. The van der Waals surface area contributed by atoms with Gasteiger partial charge in [0.25, 0.3) is 5.92 Å². The third-order valence-corrected chi connectivity index (χ3v) is 4.68. The van der Waals surface area contributed by atoms with E-state index in [2.05, 4.69) is 10.4 Å². The Labute approximate surface area is 163 Å². The van der Waals surface area contributed by atoms with Crippen molar-refractivity contribution in [2.45, 2.75) is 58.1 Å². The number of amides is 2. The van der Waals surface area contributed by atoms with Crippen LogP contribution in [-0.2, 0) is 16.0 Å². The summed E-state index contributed by atoms with van der Waals surface area (Å²) in [6.07, 6.45) is 1.05. The highest BCUT2D eigenvalue weighted by atomic mass is 19.3. The van der Waals surface area contributed by atoms with Crippen LogP contribution >= 0.6 is 0 Å². The summed E-state index contributed by atoms with van der Waals surface area (Å²) in [7, 11) is 0. The summed E-state index contributed by atoms with van der Waals surface area (Å²) in [5, 5.41) is 17.0. The van der Waals surface area contributed by atoms with Crippen LogP contribution in [0.25, 0.3) is 0 Å². The van der Waals surface area contributed by atoms with Gasteiger partial charge < -0.3 is 10.4 Å². The van der Waals surface area contributed by atoms with E-state index in [0.717, 1.165) is 5.56 Å². The highest BCUT2D eigenvalue weighted by Gasteiger charge is 2.59. The number of hydrogen-bond donors (Lipinski definition) is 2. The van der Waals surface area contributed by atoms with E-state index >= 15 is 0 Å². The van der Waals surface area contributed by atoms with E-state index in [1.165, 1.54) is 0 Å². The zero-order chi connectivity index (χ0) is 20.9. The first-order valence-corrected chi connectivity index (χ1v) is 9.37. The van der Waals surface area contributed by atoms with Gasteiger partial charge in [-0.05, 0) is 30.7 Å². The fourth-order valence-corrected chi connectivity index (χ4v) is 2.90. The molecule has 0 aliphatic carbocycles. The lowest BCUT2D eigenvalue weighted by Crippen LogP contribution is -2.59. The van der Waals surface area contributed by atoms with E-state index in [1.54, 1.807) is 0 Å². The van der Waals surface area contributed by atoms with Crippen molar-refractivity contribution in [3.63, 3.8) is 0 Å². The standard InChI is InChI=1S/C20H27F2N3O3/c1-14(2)9-10-16-13-20(28,19(3,21)22)25(24-16)18(27)17(26)23-12-11-15-7-5-4-6-8-15/h4-8,14,28H,9-13H2,1-3H3,(H,23,26). The summed E-state index contributed by atoms with van der Waals surface area (Å²) in [5.74, 6) is -5.70. The number of hydrogen-bond acceptors (Lipinski definition) is 4. The maximum absolute atomic E-state index is 14.1. The van der Waals surface area contributed by atoms with E-state index in [1.807, 2.05) is 44.2 Å². The number of carbonyl (C=O) groups excluding carboxylic acids is 2. The van der Waals surface area contributed by atoms with Crippen molar-refractivity contribution in [3.05, 3.63) is 35.9 Å². The first-order chi connectivity index (χ1) is 13.0. The van der Waals surface area contributed by atoms with Gasteiger partial charge in [0, 0.05) is 25.6 Å². The van der Waals surface area contributed by atoms with Crippen molar-refractivity contribution < 1.29 is 23.5 Å². The van der Waals surface area contributed by atoms with Crippen LogP contribution in [0.2, 0.25) is 0 Å². The van der Waals surface area contributed by atoms with Crippen molar-refractivity contribution in [2.24, 2.45) is 11.0 Å². The Morgan fingerprint density at radius 1 is 1.29 bits per heavy atom. The lowest BCUT2D eigenvalue weighted by atomic mass is 9.96. The van der Waals surface area contributed by atoms with Gasteiger partial charge in [0.05, 0.1) is 0 Å². The minimum absolute atomic E-state index is 0.160. The van der Waals surface area contributed by atoms with Crippen molar-refractivity contribution >= 4 is 17.5 Å². The van der Waals surface area contributed by atoms with Gasteiger partial charge in [-0.15, -0.1) is 0 Å². The van der Waals surface area contributed by atoms with E-state index in [-0.39, 0.29) is 17.3 Å². The molecule has 2 N–H and O–H groups in total. The highest BCUT2D eigenvalue weighted by Crippen LogP contribution is 2.39. The quantitative estimate of drug-likeness (QED) is 0.697. The zero-order valence-electron chi connectivity index (χ0n) is 16.4. The SMILES string of the molecule is CC(C)CCC1=NN(C(=O)C(=O)NCCc2ccccc2)C(O)(C(C)(F)F)C1. The van der Waals surface area contributed by atoms with Gasteiger partial charge in [-0.3, -0.25) is 9.59 Å². The summed E-state index contributed by atoms with van der Waals surface area (Å²) >= 11 is 0. The van der Waals surface area contributed by atoms with E-state index in [4.69, 9.17) is 0 Å². The maximum Gasteiger partial charge on any atom is 0.334 e. The molecule has 154 valence electrons. The Morgan fingerprint density at radius 3 is 2.50 bits per heavy atom. The molecule has 1 aliphatic rings. The molecule has 0 fully saturated rings. The summed E-state index contributed by atoms with van der Waals surface area (Å²) in [4.78, 5) is 24.6. The molecule has 1 aromatic rings. The first-order valence-electron chi connectivity index (χ1n) is 9.37. The molecule has 0 spiro atoms. The number of nitrogens with one attached hydrogen (secondary N) is 1. The summed E-state index contributed by atoms with van der Waals surface area (Å²) in [5.41, 5.74) is -1.60. The second-order valence-corrected chi connectivity index (χ2v) is 7.59. The molecule has 0 saturated heterocycles. The minimum Gasteiger partial charge on any atom is -0.364 e. The number of alkyl halides is 2. The largest absolute Gasteiger partial charge is 0.364 e. The molecule has 28 heavy (non-hydrogen) atoms. The van der Waals surface area contributed by atoms with Gasteiger partial charge in [-0.25, -0.2) is 8.78 Å². The van der Waals surface area contributed by atoms with Crippen LogP contribution in [0.4, 0.5) is 8.78 Å². The predicted molar refractivity (Wildman–Crippen MR) is 102 cm³/mol. The summed E-state index contributed by atoms with van der Waals surface area (Å²) < 4.78 is 28.2. The maximum atomic E-state index is 14.1. The smallest absolute Gasteiger partial charge is 0.334 e. The zero-order valence-corrected chi connectivity index (χ0v) is 16.4. The molecule has 6 nitrogen and oxygen atoms in total. The molecular formula is C20H27F2N3O3. The Balaban J connectivity index is 2.06. The molecule has 8 heteroatoms. The first kappa shape index (κ1) is 21.9. The Morgan fingerprint density at radius 2 is 1.93 bits per heavy atom. The third kappa shape index (κ3) is 5.13. The fourth-order valence-electron chi connectivity index (χ4n) is 2.90. The topological polar surface area (TPSA) is 82.0 Å². The third-order valence-electron chi connectivity index (χ3n) is 4.68. The number of nitrogens with zero attached hydrogens (tertiary/aromatic N) is 2. The van der Waals surface area contributed by atoms with Gasteiger partial charge in [0.15, 0.2) is 0 Å². The lowest BCUT2D eigenvalue weighted by molar-refractivity contribution is -0.234. The molecule has 1 unspecified atom stereocenters. The average molecular weight is 395 g/mol. The monoisotopic (exact) mass is 395 g/mol. The molecule has 0 bridgehead atoms. The van der Waals surface area contributed by atoms with Gasteiger partial charge >= 0.3 is 11.8 Å². The molecule has 1 aromatic carbocycles. The second kappa shape index (κ2) is 8.77. The second-order valence-electron chi connectivity index (χ2n) is 7.59. The van der Waals surface area contributed by atoms with E-state index in [0.29, 0.717) is 32.1 Å². The van der Waals surface area contributed by atoms with Crippen LogP contribution in [0.3, 0.4) is 0 Å². The molecule has 1 aliphatic heterocycles. The van der Waals surface area contributed by atoms with Gasteiger partial charge in [-0.1, -0.05) is 44.2 Å². The van der Waals surface area contributed by atoms with Gasteiger partial charge in [0.1, 0.15) is 0 Å². The predicted octanol–water partition coefficient (Wildman–Crippen LogP) is 2.71. The number of aliphatic hydroxyl groups is 1. The molecule has 0 aromatic heterocycles. The molecular weight excluding hydrogens is 368 g/mol. The number of rotatable bonds is 7. The van der Waals surface area contributed by atoms with E-state index in [9.17, 15) is 23.5 Å². The van der Waals surface area contributed by atoms with Crippen LogP contribution in [0.5, 0.6) is 0 Å². The fraction of sp³-hybridized carbons (Fsp3) is 0.550. The van der Waals surface area contributed by atoms with Crippen LogP contribution in [-0.4, -0.2) is 45.8 Å². The summed E-state index contributed by atoms with van der Waals surface area (Å²) in [6, 6.07) is 9.30. The number of carbonyl (C=O) groups is 2. The highest BCUT2D eigenvalue weighted by molar-refractivity contribution is 6.35. The van der Waals surface area contributed by atoms with E-state index < -0.39 is 29.9 Å². The molecule has 2 rings (SSSR count). The lowest BCUT2D eigenvalue weighted by Gasteiger charge is -2.35. The van der Waals surface area contributed by atoms with Crippen LogP contribution in [0.1, 0.15) is 45.6 Å². The van der Waals surface area contributed by atoms with Crippen molar-refractivity contribution in [1.82, 2.24) is 10.3 Å². The molecule has 1 heterocycles. The number of benzene rings is 1. The van der Waals surface area contributed by atoms with Crippen LogP contribution < -0.4 is 5.32 Å². The Hall–Kier alpha value is -2.35. The Kier molecular flexibility index (Phi) is 6.87. The van der Waals surface area contributed by atoms with Gasteiger partial charge in [-0.2, -0.15) is 10.1 Å². The number of halogens is 2. The summed E-state index contributed by atoms with van der Waals surface area (Å²) in [6.45, 7) is 4.62. The van der Waals surface area contributed by atoms with Crippen LogP contribution in [0, 0.1) is 5.92 Å². The molecule has 1 atom stereocenters. The number of hydrazone groups is 1. The normalized spacial score (nSPS) is 19.7. The van der Waals surface area contributed by atoms with Crippen molar-refractivity contribution in [3.8, 4) is 0 Å². The minimum atomic E-state index is -3.64. The van der Waals surface area contributed by atoms with Crippen molar-refractivity contribution in [2.75, 3.05) is 6.54 Å². The van der Waals surface area contributed by atoms with Crippen molar-refractivity contribution in [1.29, 1.82) is 0 Å². The van der Waals surface area contributed by atoms with Gasteiger partial charge in [0.2, 0.25) is 5.72 Å².